The van der Waals surface area contributed by atoms with Crippen LogP contribution < -0.4 is 0 Å². The molecule has 2 aliphatic rings. The minimum absolute atomic E-state index is 0.435. The lowest BCUT2D eigenvalue weighted by Crippen LogP contribution is -2.11. The van der Waals surface area contributed by atoms with Crippen LogP contribution in [0.5, 0.6) is 0 Å². The summed E-state index contributed by atoms with van der Waals surface area (Å²) in [5, 5.41) is 0. The van der Waals surface area contributed by atoms with Crippen molar-refractivity contribution in [2.24, 2.45) is 5.41 Å². The van der Waals surface area contributed by atoms with E-state index in [4.69, 9.17) is 0 Å². The lowest BCUT2D eigenvalue weighted by atomic mass is 9.82. The van der Waals surface area contributed by atoms with Gasteiger partial charge in [-0.15, -0.1) is 0 Å². The molecule has 0 aromatic rings. The van der Waals surface area contributed by atoms with Gasteiger partial charge in [-0.25, -0.2) is 0 Å². The lowest BCUT2D eigenvalue weighted by molar-refractivity contribution is 0.423. The maximum atomic E-state index is 4.10. The third-order valence-electron chi connectivity index (χ3n) is 3.61. The van der Waals surface area contributed by atoms with Gasteiger partial charge in [0.15, 0.2) is 0 Å². The van der Waals surface area contributed by atoms with E-state index in [9.17, 15) is 0 Å². The van der Waals surface area contributed by atoms with E-state index in [2.05, 4.69) is 20.4 Å². The summed E-state index contributed by atoms with van der Waals surface area (Å²) in [6.45, 7) is 8.65. The Bertz CT molecular complexity index is 251. The van der Waals surface area contributed by atoms with E-state index in [1.54, 1.807) is 11.1 Å². The van der Waals surface area contributed by atoms with E-state index in [0.717, 1.165) is 0 Å². The molecule has 0 aliphatic heterocycles. The summed E-state index contributed by atoms with van der Waals surface area (Å²) in [6.07, 6.45) is 6.76. The molecule has 0 nitrogen and oxygen atoms in total. The van der Waals surface area contributed by atoms with Crippen molar-refractivity contribution < 1.29 is 0 Å². The average Bonchev–Trinajstić information content (AvgIpc) is 2.76. The number of rotatable bonds is 1. The van der Waals surface area contributed by atoms with Crippen molar-refractivity contribution in [3.63, 3.8) is 0 Å². The predicted octanol–water partition coefficient (Wildman–Crippen LogP) is 3.84. The Labute approximate surface area is 75.4 Å². The van der Waals surface area contributed by atoms with Crippen LogP contribution in [0.15, 0.2) is 23.3 Å². The molecule has 0 bridgehead atoms. The summed E-state index contributed by atoms with van der Waals surface area (Å²) in [5.74, 6) is 0. The van der Waals surface area contributed by atoms with Crippen LogP contribution in [0.3, 0.4) is 0 Å². The second-order valence-electron chi connectivity index (χ2n) is 4.72. The van der Waals surface area contributed by atoms with Crippen LogP contribution in [-0.4, -0.2) is 0 Å². The van der Waals surface area contributed by atoms with Crippen LogP contribution >= 0.6 is 0 Å². The van der Waals surface area contributed by atoms with Gasteiger partial charge in [-0.2, -0.15) is 0 Å². The summed E-state index contributed by atoms with van der Waals surface area (Å²) in [6, 6.07) is 0. The highest BCUT2D eigenvalue weighted by Crippen LogP contribution is 2.50. The standard InChI is InChI=1S/C12H18/c1-9(2)12(3)7-6-11(8-12)10-4-5-10/h1,4-8H2,2-3H3. The molecule has 2 rings (SSSR count). The summed E-state index contributed by atoms with van der Waals surface area (Å²) >= 11 is 0. The zero-order valence-electron chi connectivity index (χ0n) is 8.24. The molecular weight excluding hydrogens is 144 g/mol. The first-order chi connectivity index (χ1) is 5.62. The number of hydrogen-bond donors (Lipinski definition) is 0. The third-order valence-corrected chi connectivity index (χ3v) is 3.61. The quantitative estimate of drug-likeness (QED) is 0.514. The van der Waals surface area contributed by atoms with E-state index < -0.39 is 0 Å². The Morgan fingerprint density at radius 2 is 1.92 bits per heavy atom. The van der Waals surface area contributed by atoms with Gasteiger partial charge in [-0.3, -0.25) is 0 Å². The van der Waals surface area contributed by atoms with Crippen molar-refractivity contribution in [1.82, 2.24) is 0 Å². The zero-order chi connectivity index (χ0) is 8.77. The molecule has 0 aromatic heterocycles. The lowest BCUT2D eigenvalue weighted by Gasteiger charge is -2.23. The Kier molecular flexibility index (Phi) is 1.67. The van der Waals surface area contributed by atoms with Gasteiger partial charge in [0, 0.05) is 0 Å². The molecular formula is C12H18. The van der Waals surface area contributed by atoms with Crippen LogP contribution in [0.1, 0.15) is 46.0 Å². The highest BCUT2D eigenvalue weighted by molar-refractivity contribution is 5.31. The maximum Gasteiger partial charge on any atom is -0.00816 e. The largest absolute Gasteiger partial charge is 0.0996 e. The van der Waals surface area contributed by atoms with Gasteiger partial charge < -0.3 is 0 Å². The topological polar surface area (TPSA) is 0 Å². The van der Waals surface area contributed by atoms with Crippen LogP contribution in [0.25, 0.3) is 0 Å². The van der Waals surface area contributed by atoms with Crippen molar-refractivity contribution in [2.75, 3.05) is 0 Å². The van der Waals surface area contributed by atoms with Crippen molar-refractivity contribution in [1.29, 1.82) is 0 Å². The van der Waals surface area contributed by atoms with E-state index in [1.807, 2.05) is 0 Å². The van der Waals surface area contributed by atoms with Crippen molar-refractivity contribution in [2.45, 2.75) is 46.0 Å². The normalized spacial score (nSPS) is 34.2. The molecule has 2 fully saturated rings. The molecule has 0 saturated heterocycles. The predicted molar refractivity (Wildman–Crippen MR) is 53.0 cm³/mol. The first kappa shape index (κ1) is 8.10. The van der Waals surface area contributed by atoms with Crippen molar-refractivity contribution in [3.8, 4) is 0 Å². The molecule has 66 valence electrons. The molecule has 0 spiro atoms. The molecule has 0 heterocycles. The second-order valence-corrected chi connectivity index (χ2v) is 4.72. The maximum absolute atomic E-state index is 4.10. The summed E-state index contributed by atoms with van der Waals surface area (Å²) in [5.41, 5.74) is 5.34. The van der Waals surface area contributed by atoms with Gasteiger partial charge in [-0.1, -0.05) is 30.2 Å². The minimum Gasteiger partial charge on any atom is -0.0996 e. The Balaban J connectivity index is 2.16. The van der Waals surface area contributed by atoms with E-state index in [0.29, 0.717) is 5.41 Å². The fourth-order valence-corrected chi connectivity index (χ4v) is 2.16. The molecule has 1 unspecified atom stereocenters. The van der Waals surface area contributed by atoms with Gasteiger partial charge in [0.25, 0.3) is 0 Å². The van der Waals surface area contributed by atoms with Crippen LogP contribution in [-0.2, 0) is 0 Å². The van der Waals surface area contributed by atoms with Crippen LogP contribution in [0.2, 0.25) is 0 Å². The smallest absolute Gasteiger partial charge is 0.00816 e. The third kappa shape index (κ3) is 1.24. The van der Waals surface area contributed by atoms with Gasteiger partial charge >= 0.3 is 0 Å². The van der Waals surface area contributed by atoms with E-state index in [1.165, 1.54) is 37.7 Å². The Morgan fingerprint density at radius 1 is 1.25 bits per heavy atom. The average molecular weight is 162 g/mol. The summed E-state index contributed by atoms with van der Waals surface area (Å²) in [7, 11) is 0. The summed E-state index contributed by atoms with van der Waals surface area (Å²) < 4.78 is 0. The number of hydrogen-bond acceptors (Lipinski definition) is 0. The first-order valence-corrected chi connectivity index (χ1v) is 4.97. The fourth-order valence-electron chi connectivity index (χ4n) is 2.16. The molecule has 2 aliphatic carbocycles. The number of allylic oxidation sites excluding steroid dienone is 3. The molecule has 1 atom stereocenters. The van der Waals surface area contributed by atoms with Gasteiger partial charge in [0.05, 0.1) is 0 Å². The fraction of sp³-hybridized carbons (Fsp3) is 0.667. The van der Waals surface area contributed by atoms with Crippen molar-refractivity contribution in [3.05, 3.63) is 23.3 Å². The SMILES string of the molecule is C=C(C)C1(C)CCC(=C2CC2)C1. The molecule has 0 aromatic carbocycles. The van der Waals surface area contributed by atoms with Crippen molar-refractivity contribution >= 4 is 0 Å². The van der Waals surface area contributed by atoms with Gasteiger partial charge in [-0.05, 0) is 44.4 Å². The Morgan fingerprint density at radius 3 is 2.33 bits per heavy atom. The highest BCUT2D eigenvalue weighted by Gasteiger charge is 2.34. The molecule has 12 heavy (non-hydrogen) atoms. The highest BCUT2D eigenvalue weighted by atomic mass is 14.4. The molecule has 0 N–H and O–H groups in total. The molecule has 2 saturated carbocycles. The second kappa shape index (κ2) is 2.48. The molecule has 0 heteroatoms. The zero-order valence-corrected chi connectivity index (χ0v) is 8.24. The summed E-state index contributed by atoms with van der Waals surface area (Å²) in [4.78, 5) is 0. The van der Waals surface area contributed by atoms with Gasteiger partial charge in [0.1, 0.15) is 0 Å². The van der Waals surface area contributed by atoms with E-state index in [-0.39, 0.29) is 0 Å². The van der Waals surface area contributed by atoms with E-state index >= 15 is 0 Å². The molecule has 0 radical (unpaired) electrons. The van der Waals surface area contributed by atoms with Crippen LogP contribution in [0, 0.1) is 5.41 Å². The first-order valence-electron chi connectivity index (χ1n) is 4.97. The Hall–Kier alpha value is -0.520. The molecule has 0 amide bonds. The minimum atomic E-state index is 0.435. The van der Waals surface area contributed by atoms with Crippen LogP contribution in [0.4, 0.5) is 0 Å². The monoisotopic (exact) mass is 162 g/mol. The van der Waals surface area contributed by atoms with Gasteiger partial charge in [0.2, 0.25) is 0 Å².